The van der Waals surface area contributed by atoms with Gasteiger partial charge in [-0.3, -0.25) is 9.13 Å². The molecule has 0 N–H and O–H groups in total. The molecule has 0 atom stereocenters. The van der Waals surface area contributed by atoms with E-state index in [9.17, 15) is 4.79 Å². The van der Waals surface area contributed by atoms with Crippen LogP contribution in [0.15, 0.2) is 22.6 Å². The Morgan fingerprint density at radius 2 is 2.15 bits per heavy atom. The first-order valence-electron chi connectivity index (χ1n) is 6.88. The molecule has 0 aliphatic rings. The average Bonchev–Trinajstić information content (AvgIpc) is 3.02. The van der Waals surface area contributed by atoms with Crippen molar-refractivity contribution in [2.45, 2.75) is 51.6 Å². The van der Waals surface area contributed by atoms with E-state index in [0.717, 1.165) is 36.5 Å². The topological polar surface area (TPSA) is 39.8 Å². The Kier molecular flexibility index (Phi) is 5.43. The van der Waals surface area contributed by atoms with Gasteiger partial charge in [-0.2, -0.15) is 0 Å². The molecule has 0 unspecified atom stereocenters. The minimum atomic E-state index is 0.0821. The fourth-order valence-corrected chi connectivity index (χ4v) is 3.14. The normalized spacial score (nSPS) is 11.4. The van der Waals surface area contributed by atoms with Crippen molar-refractivity contribution in [2.75, 3.05) is 0 Å². The molecular formula is C14H20ClN3OS. The van der Waals surface area contributed by atoms with Gasteiger partial charge >= 0.3 is 5.69 Å². The summed E-state index contributed by atoms with van der Waals surface area (Å²) in [7, 11) is 0. The number of thiazole rings is 1. The third-order valence-corrected chi connectivity index (χ3v) is 4.44. The summed E-state index contributed by atoms with van der Waals surface area (Å²) in [4.78, 5) is 16.4. The first-order valence-corrected chi connectivity index (χ1v) is 8.29. The molecule has 110 valence electrons. The SMILES string of the molecule is CC(C)n1ccn(CCCCc2nc(CCl)cs2)c1=O. The van der Waals surface area contributed by atoms with Gasteiger partial charge in [0.2, 0.25) is 0 Å². The largest absolute Gasteiger partial charge is 0.328 e. The fourth-order valence-electron chi connectivity index (χ4n) is 2.07. The highest BCUT2D eigenvalue weighted by Gasteiger charge is 2.06. The van der Waals surface area contributed by atoms with E-state index in [1.54, 1.807) is 20.5 Å². The van der Waals surface area contributed by atoms with Crippen molar-refractivity contribution in [3.63, 3.8) is 0 Å². The van der Waals surface area contributed by atoms with Gasteiger partial charge in [0.15, 0.2) is 0 Å². The Morgan fingerprint density at radius 1 is 1.35 bits per heavy atom. The van der Waals surface area contributed by atoms with Crippen LogP contribution in [-0.4, -0.2) is 14.1 Å². The number of halogens is 1. The number of imidazole rings is 1. The lowest BCUT2D eigenvalue weighted by Crippen LogP contribution is -2.25. The third-order valence-electron chi connectivity index (χ3n) is 3.21. The van der Waals surface area contributed by atoms with Crippen molar-refractivity contribution in [3.8, 4) is 0 Å². The molecule has 0 radical (unpaired) electrons. The van der Waals surface area contributed by atoms with Crippen LogP contribution in [0.5, 0.6) is 0 Å². The molecule has 0 saturated carbocycles. The second-order valence-electron chi connectivity index (χ2n) is 5.10. The van der Waals surface area contributed by atoms with Gasteiger partial charge in [-0.15, -0.1) is 22.9 Å². The van der Waals surface area contributed by atoms with E-state index in [0.29, 0.717) is 5.88 Å². The molecule has 4 nitrogen and oxygen atoms in total. The van der Waals surface area contributed by atoms with Crippen molar-refractivity contribution >= 4 is 22.9 Å². The van der Waals surface area contributed by atoms with Crippen molar-refractivity contribution in [2.24, 2.45) is 0 Å². The van der Waals surface area contributed by atoms with Crippen LogP contribution < -0.4 is 5.69 Å². The molecule has 0 spiro atoms. The monoisotopic (exact) mass is 313 g/mol. The van der Waals surface area contributed by atoms with Crippen LogP contribution in [0.4, 0.5) is 0 Å². The summed E-state index contributed by atoms with van der Waals surface area (Å²) in [5, 5.41) is 3.14. The van der Waals surface area contributed by atoms with Crippen molar-refractivity contribution in [1.29, 1.82) is 0 Å². The Morgan fingerprint density at radius 3 is 2.75 bits per heavy atom. The summed E-state index contributed by atoms with van der Waals surface area (Å²) >= 11 is 7.39. The number of unbranched alkanes of at least 4 members (excludes halogenated alkanes) is 1. The lowest BCUT2D eigenvalue weighted by molar-refractivity contribution is 0.535. The number of rotatable bonds is 7. The maximum Gasteiger partial charge on any atom is 0.328 e. The molecule has 2 aromatic rings. The first-order chi connectivity index (χ1) is 9.61. The molecule has 0 fully saturated rings. The van der Waals surface area contributed by atoms with Gasteiger partial charge in [-0.1, -0.05) is 0 Å². The van der Waals surface area contributed by atoms with Gasteiger partial charge < -0.3 is 0 Å². The van der Waals surface area contributed by atoms with Crippen LogP contribution in [-0.2, 0) is 18.8 Å². The number of aryl methyl sites for hydroxylation is 2. The average molecular weight is 314 g/mol. The van der Waals surface area contributed by atoms with Crippen LogP contribution in [0.3, 0.4) is 0 Å². The second-order valence-corrected chi connectivity index (χ2v) is 6.31. The van der Waals surface area contributed by atoms with Gasteiger partial charge in [0.1, 0.15) is 0 Å². The number of hydrogen-bond donors (Lipinski definition) is 0. The number of hydrogen-bond acceptors (Lipinski definition) is 3. The molecule has 0 aliphatic carbocycles. The zero-order chi connectivity index (χ0) is 14.5. The van der Waals surface area contributed by atoms with Crippen molar-refractivity contribution in [1.82, 2.24) is 14.1 Å². The van der Waals surface area contributed by atoms with Gasteiger partial charge in [-0.05, 0) is 33.1 Å². The highest BCUT2D eigenvalue weighted by molar-refractivity contribution is 7.09. The zero-order valence-corrected chi connectivity index (χ0v) is 13.5. The lowest BCUT2D eigenvalue weighted by Gasteiger charge is -2.04. The predicted molar refractivity (Wildman–Crippen MR) is 83.7 cm³/mol. The number of nitrogens with zero attached hydrogens (tertiary/aromatic N) is 3. The first kappa shape index (κ1) is 15.3. The Hall–Kier alpha value is -1.07. The maximum atomic E-state index is 12.0. The molecular weight excluding hydrogens is 294 g/mol. The van der Waals surface area contributed by atoms with E-state index < -0.39 is 0 Å². The quantitative estimate of drug-likeness (QED) is 0.580. The van der Waals surface area contributed by atoms with Crippen molar-refractivity contribution in [3.05, 3.63) is 39.0 Å². The molecule has 2 aromatic heterocycles. The van der Waals surface area contributed by atoms with Crippen LogP contribution in [0.25, 0.3) is 0 Å². The Bertz CT molecular complexity index is 600. The summed E-state index contributed by atoms with van der Waals surface area (Å²) in [6, 6.07) is 0.216. The minimum Gasteiger partial charge on any atom is -0.299 e. The molecule has 0 saturated heterocycles. The predicted octanol–water partition coefficient (Wildman–Crippen LogP) is 3.45. The summed E-state index contributed by atoms with van der Waals surface area (Å²) in [5.41, 5.74) is 1.04. The second kappa shape index (κ2) is 7.09. The van der Waals surface area contributed by atoms with E-state index in [1.165, 1.54) is 0 Å². The van der Waals surface area contributed by atoms with Gasteiger partial charge in [0.05, 0.1) is 16.6 Å². The van der Waals surface area contributed by atoms with Crippen LogP contribution >= 0.6 is 22.9 Å². The van der Waals surface area contributed by atoms with E-state index in [1.807, 2.05) is 31.6 Å². The van der Waals surface area contributed by atoms with Gasteiger partial charge in [0.25, 0.3) is 0 Å². The summed E-state index contributed by atoms with van der Waals surface area (Å²) in [5.74, 6) is 0.481. The van der Waals surface area contributed by atoms with Crippen molar-refractivity contribution < 1.29 is 0 Å². The van der Waals surface area contributed by atoms with E-state index in [4.69, 9.17) is 11.6 Å². The standard InChI is InChI=1S/C14H20ClN3OS/c1-11(2)18-8-7-17(14(18)19)6-4-3-5-13-16-12(9-15)10-20-13/h7-8,10-11H,3-6,9H2,1-2H3. The zero-order valence-electron chi connectivity index (χ0n) is 11.9. The van der Waals surface area contributed by atoms with Crippen LogP contribution in [0.1, 0.15) is 43.4 Å². The molecule has 0 aliphatic heterocycles. The van der Waals surface area contributed by atoms with Crippen LogP contribution in [0, 0.1) is 0 Å². The summed E-state index contributed by atoms with van der Waals surface area (Å²) < 4.78 is 3.54. The molecule has 2 heterocycles. The fraction of sp³-hybridized carbons (Fsp3) is 0.571. The Labute approximate surface area is 128 Å². The van der Waals surface area contributed by atoms with Gasteiger partial charge in [-0.25, -0.2) is 9.78 Å². The van der Waals surface area contributed by atoms with E-state index in [-0.39, 0.29) is 11.7 Å². The molecule has 0 amide bonds. The molecule has 0 aromatic carbocycles. The highest BCUT2D eigenvalue weighted by Crippen LogP contribution is 2.14. The molecule has 2 rings (SSSR count). The van der Waals surface area contributed by atoms with E-state index >= 15 is 0 Å². The summed E-state index contributed by atoms with van der Waals surface area (Å²) in [6.07, 6.45) is 6.71. The van der Waals surface area contributed by atoms with Crippen LogP contribution in [0.2, 0.25) is 0 Å². The minimum absolute atomic E-state index is 0.0821. The van der Waals surface area contributed by atoms with E-state index in [2.05, 4.69) is 4.98 Å². The van der Waals surface area contributed by atoms with Gasteiger partial charge in [0, 0.05) is 30.4 Å². The molecule has 0 bridgehead atoms. The lowest BCUT2D eigenvalue weighted by atomic mass is 10.2. The molecule has 20 heavy (non-hydrogen) atoms. The smallest absolute Gasteiger partial charge is 0.299 e. The number of alkyl halides is 1. The Balaban J connectivity index is 1.80. The maximum absolute atomic E-state index is 12.0. The number of aromatic nitrogens is 3. The summed E-state index contributed by atoms with van der Waals surface area (Å²) in [6.45, 7) is 4.80. The third kappa shape index (κ3) is 3.73. The molecule has 6 heteroatoms. The highest BCUT2D eigenvalue weighted by atomic mass is 35.5.